The van der Waals surface area contributed by atoms with E-state index in [1.165, 1.54) is 0 Å². The Hall–Kier alpha value is -3.47. The fraction of sp³-hybridized carbons (Fsp3) is 0.174. The summed E-state index contributed by atoms with van der Waals surface area (Å²) in [7, 11) is 5.43. The summed E-state index contributed by atoms with van der Waals surface area (Å²) in [4.78, 5) is 15.1. The Labute approximate surface area is 163 Å². The molecule has 0 N–H and O–H groups in total. The molecular weight excluding hydrogens is 354 g/mol. The minimum absolute atomic E-state index is 0.354. The first-order valence-corrected chi connectivity index (χ1v) is 9.06. The van der Waals surface area contributed by atoms with E-state index in [0.29, 0.717) is 22.8 Å². The van der Waals surface area contributed by atoms with Crippen molar-refractivity contribution in [2.24, 2.45) is 0 Å². The lowest BCUT2D eigenvalue weighted by molar-refractivity contribution is 0.0224. The van der Waals surface area contributed by atoms with Crippen molar-refractivity contribution in [2.45, 2.75) is 5.60 Å². The number of anilines is 1. The van der Waals surface area contributed by atoms with Crippen LogP contribution in [0, 0.1) is 0 Å². The smallest absolute Gasteiger partial charge is 0.342 e. The summed E-state index contributed by atoms with van der Waals surface area (Å²) in [6.45, 7) is 0. The average Bonchev–Trinajstić information content (AvgIpc) is 3.00. The van der Waals surface area contributed by atoms with Gasteiger partial charge < -0.3 is 19.1 Å². The fourth-order valence-electron chi connectivity index (χ4n) is 4.17. The second kappa shape index (κ2) is 5.76. The van der Waals surface area contributed by atoms with Crippen LogP contribution in [0.15, 0.2) is 60.7 Å². The number of carbonyl (C=O) groups excluding carboxylic acids is 1. The van der Waals surface area contributed by atoms with Crippen molar-refractivity contribution in [3.8, 4) is 17.2 Å². The van der Waals surface area contributed by atoms with E-state index < -0.39 is 5.60 Å². The monoisotopic (exact) mass is 373 g/mol. The Bertz CT molecular complexity index is 1070. The SMILES string of the molecule is COc1cc(N(C)C)c2c(c1)C1(OC2=O)c2ccccc2Oc2ccccc21. The molecule has 0 fully saturated rings. The number of benzene rings is 3. The topological polar surface area (TPSA) is 48.0 Å². The molecule has 5 heteroatoms. The number of para-hydroxylation sites is 2. The molecule has 1 spiro atoms. The molecule has 5 rings (SSSR count). The first-order chi connectivity index (χ1) is 13.6. The first kappa shape index (κ1) is 16.7. The largest absolute Gasteiger partial charge is 0.497 e. The average molecular weight is 373 g/mol. The number of carbonyl (C=O) groups is 1. The molecular formula is C23H19NO4. The number of methoxy groups -OCH3 is 1. The standard InChI is InChI=1S/C23H19NO4/c1-24(2)18-13-14(26-3)12-17-21(18)22(25)28-23(17)15-8-4-6-10-19(15)27-20-11-7-5-9-16(20)23/h4-13H,1-3H3. The van der Waals surface area contributed by atoms with Crippen LogP contribution in [0.2, 0.25) is 0 Å². The van der Waals surface area contributed by atoms with Gasteiger partial charge in [-0.1, -0.05) is 36.4 Å². The van der Waals surface area contributed by atoms with Gasteiger partial charge in [0.05, 0.1) is 18.4 Å². The number of nitrogens with zero attached hydrogens (tertiary/aromatic N) is 1. The van der Waals surface area contributed by atoms with Crippen LogP contribution < -0.4 is 14.4 Å². The van der Waals surface area contributed by atoms with Crippen LogP contribution >= 0.6 is 0 Å². The summed E-state index contributed by atoms with van der Waals surface area (Å²) in [6.07, 6.45) is 0. The van der Waals surface area contributed by atoms with Gasteiger partial charge in [-0.25, -0.2) is 4.79 Å². The van der Waals surface area contributed by atoms with Gasteiger partial charge in [-0.05, 0) is 18.2 Å². The molecule has 0 amide bonds. The maximum Gasteiger partial charge on any atom is 0.342 e. The molecule has 0 saturated heterocycles. The molecule has 0 aliphatic carbocycles. The van der Waals surface area contributed by atoms with Crippen LogP contribution in [0.3, 0.4) is 0 Å². The van der Waals surface area contributed by atoms with Crippen LogP contribution in [-0.2, 0) is 10.3 Å². The number of fused-ring (bicyclic) bond motifs is 6. The Kier molecular flexibility index (Phi) is 3.43. The molecule has 3 aromatic carbocycles. The molecule has 0 unspecified atom stereocenters. The predicted molar refractivity (Wildman–Crippen MR) is 106 cm³/mol. The number of hydrogen-bond acceptors (Lipinski definition) is 5. The van der Waals surface area contributed by atoms with Crippen molar-refractivity contribution >= 4 is 11.7 Å². The third kappa shape index (κ3) is 2.04. The van der Waals surface area contributed by atoms with Gasteiger partial charge in [0.25, 0.3) is 0 Å². The number of hydrogen-bond donors (Lipinski definition) is 0. The fourth-order valence-corrected chi connectivity index (χ4v) is 4.17. The molecule has 2 aliphatic rings. The lowest BCUT2D eigenvalue weighted by Crippen LogP contribution is -2.32. The van der Waals surface area contributed by atoms with Crippen LogP contribution in [0.4, 0.5) is 5.69 Å². The van der Waals surface area contributed by atoms with Crippen molar-refractivity contribution in [1.29, 1.82) is 0 Å². The highest BCUT2D eigenvalue weighted by Crippen LogP contribution is 2.57. The number of esters is 1. The van der Waals surface area contributed by atoms with Gasteiger partial charge in [0.1, 0.15) is 17.2 Å². The van der Waals surface area contributed by atoms with Gasteiger partial charge in [0, 0.05) is 36.9 Å². The third-order valence-electron chi connectivity index (χ3n) is 5.39. The molecule has 2 heterocycles. The van der Waals surface area contributed by atoms with E-state index in [-0.39, 0.29) is 5.97 Å². The molecule has 0 radical (unpaired) electrons. The molecule has 0 aromatic heterocycles. The Morgan fingerprint density at radius 1 is 0.893 bits per heavy atom. The van der Waals surface area contributed by atoms with Crippen molar-refractivity contribution in [1.82, 2.24) is 0 Å². The van der Waals surface area contributed by atoms with Crippen LogP contribution in [0.1, 0.15) is 27.0 Å². The van der Waals surface area contributed by atoms with Crippen LogP contribution in [0.5, 0.6) is 17.2 Å². The molecule has 140 valence electrons. The summed E-state index contributed by atoms with van der Waals surface area (Å²) < 4.78 is 17.9. The zero-order valence-corrected chi connectivity index (χ0v) is 15.9. The van der Waals surface area contributed by atoms with Crippen molar-refractivity contribution in [3.63, 3.8) is 0 Å². The Morgan fingerprint density at radius 3 is 2.07 bits per heavy atom. The number of ether oxygens (including phenoxy) is 3. The highest BCUT2D eigenvalue weighted by molar-refractivity contribution is 6.02. The Morgan fingerprint density at radius 2 is 1.50 bits per heavy atom. The summed E-state index contributed by atoms with van der Waals surface area (Å²) in [5.41, 5.74) is 2.62. The van der Waals surface area contributed by atoms with Crippen LogP contribution in [0.25, 0.3) is 0 Å². The summed E-state index contributed by atoms with van der Waals surface area (Å²) >= 11 is 0. The Balaban J connectivity index is 1.92. The van der Waals surface area contributed by atoms with Crippen molar-refractivity contribution in [3.05, 3.63) is 82.9 Å². The number of rotatable bonds is 2. The first-order valence-electron chi connectivity index (χ1n) is 9.06. The van der Waals surface area contributed by atoms with E-state index in [2.05, 4.69) is 0 Å². The van der Waals surface area contributed by atoms with E-state index in [9.17, 15) is 4.79 Å². The molecule has 3 aromatic rings. The zero-order valence-electron chi connectivity index (χ0n) is 15.9. The second-order valence-corrected chi connectivity index (χ2v) is 7.13. The highest BCUT2D eigenvalue weighted by atomic mass is 16.6. The lowest BCUT2D eigenvalue weighted by atomic mass is 9.77. The van der Waals surface area contributed by atoms with E-state index in [4.69, 9.17) is 14.2 Å². The predicted octanol–water partition coefficient (Wildman–Crippen LogP) is 4.33. The lowest BCUT2D eigenvalue weighted by Gasteiger charge is -2.36. The maximum absolute atomic E-state index is 13.2. The maximum atomic E-state index is 13.2. The second-order valence-electron chi connectivity index (χ2n) is 7.13. The molecule has 0 bridgehead atoms. The van der Waals surface area contributed by atoms with E-state index >= 15 is 0 Å². The van der Waals surface area contributed by atoms with Gasteiger partial charge in [-0.3, -0.25) is 0 Å². The minimum atomic E-state index is -1.07. The quantitative estimate of drug-likeness (QED) is 0.626. The van der Waals surface area contributed by atoms with Gasteiger partial charge >= 0.3 is 5.97 Å². The van der Waals surface area contributed by atoms with Gasteiger partial charge in [0.15, 0.2) is 5.60 Å². The summed E-state index contributed by atoms with van der Waals surface area (Å²) in [5.74, 6) is 1.67. The molecule has 5 nitrogen and oxygen atoms in total. The van der Waals surface area contributed by atoms with Gasteiger partial charge in [0.2, 0.25) is 0 Å². The molecule has 0 atom stereocenters. The summed E-state index contributed by atoms with van der Waals surface area (Å²) in [6, 6.07) is 19.1. The molecule has 28 heavy (non-hydrogen) atoms. The van der Waals surface area contributed by atoms with E-state index in [1.54, 1.807) is 7.11 Å². The third-order valence-corrected chi connectivity index (χ3v) is 5.39. The van der Waals surface area contributed by atoms with Gasteiger partial charge in [-0.15, -0.1) is 0 Å². The van der Waals surface area contributed by atoms with E-state index in [0.717, 1.165) is 22.4 Å². The van der Waals surface area contributed by atoms with Crippen molar-refractivity contribution in [2.75, 3.05) is 26.1 Å². The summed E-state index contributed by atoms with van der Waals surface area (Å²) in [5, 5.41) is 0. The normalized spacial score (nSPS) is 15.2. The van der Waals surface area contributed by atoms with Gasteiger partial charge in [-0.2, -0.15) is 0 Å². The van der Waals surface area contributed by atoms with Crippen LogP contribution in [-0.4, -0.2) is 27.2 Å². The minimum Gasteiger partial charge on any atom is -0.497 e. The van der Waals surface area contributed by atoms with E-state index in [1.807, 2.05) is 79.7 Å². The molecule has 2 aliphatic heterocycles. The highest BCUT2D eigenvalue weighted by Gasteiger charge is 2.54. The zero-order chi connectivity index (χ0) is 19.5. The molecule has 0 saturated carbocycles. The van der Waals surface area contributed by atoms with Crippen molar-refractivity contribution < 1.29 is 19.0 Å².